The minimum atomic E-state index is 0.215. The number of carbonyl (C=O) groups is 1. The van der Waals surface area contributed by atoms with Crippen molar-refractivity contribution in [1.29, 1.82) is 0 Å². The monoisotopic (exact) mass is 327 g/mol. The fourth-order valence-electron chi connectivity index (χ4n) is 2.80. The molecule has 0 fully saturated rings. The summed E-state index contributed by atoms with van der Waals surface area (Å²) in [4.78, 5) is 14.7. The number of rotatable bonds is 8. The van der Waals surface area contributed by atoms with E-state index in [1.807, 2.05) is 24.0 Å². The molecule has 1 aromatic heterocycles. The van der Waals surface area contributed by atoms with Crippen LogP contribution in [-0.2, 0) is 17.8 Å². The van der Waals surface area contributed by atoms with Crippen LogP contribution in [0.5, 0.6) is 0 Å². The first-order chi connectivity index (χ1) is 11.5. The van der Waals surface area contributed by atoms with Crippen molar-refractivity contribution >= 4 is 5.91 Å². The number of aryl methyl sites for hydroxylation is 3. The number of aromatic amines is 1. The fraction of sp³-hybridized carbons (Fsp3) is 0.500. The summed E-state index contributed by atoms with van der Waals surface area (Å²) in [5.74, 6) is 0.215. The average Bonchev–Trinajstić information content (AvgIpc) is 2.90. The van der Waals surface area contributed by atoms with Gasteiger partial charge in [-0.25, -0.2) is 0 Å². The van der Waals surface area contributed by atoms with E-state index in [4.69, 9.17) is 0 Å². The number of benzene rings is 1. The van der Waals surface area contributed by atoms with Gasteiger partial charge in [0.05, 0.1) is 5.69 Å². The number of nitrogens with zero attached hydrogens (tertiary/aromatic N) is 2. The van der Waals surface area contributed by atoms with E-state index in [-0.39, 0.29) is 5.91 Å². The lowest BCUT2D eigenvalue weighted by Crippen LogP contribution is -2.32. The van der Waals surface area contributed by atoms with Crippen LogP contribution >= 0.6 is 0 Å². The normalized spacial score (nSPS) is 10.8. The quantitative estimate of drug-likeness (QED) is 0.793. The molecule has 0 bridgehead atoms. The fourth-order valence-corrected chi connectivity index (χ4v) is 2.80. The predicted molar refractivity (Wildman–Crippen MR) is 97.9 cm³/mol. The van der Waals surface area contributed by atoms with E-state index in [1.165, 1.54) is 16.7 Å². The molecule has 130 valence electrons. The first-order valence-electron chi connectivity index (χ1n) is 8.85. The Hall–Kier alpha value is -2.10. The first kappa shape index (κ1) is 18.2. The van der Waals surface area contributed by atoms with E-state index >= 15 is 0 Å². The van der Waals surface area contributed by atoms with Crippen molar-refractivity contribution < 1.29 is 4.79 Å². The van der Waals surface area contributed by atoms with E-state index in [1.54, 1.807) is 0 Å². The minimum Gasteiger partial charge on any atom is -0.338 e. The molecule has 0 aliphatic heterocycles. The third-order valence-corrected chi connectivity index (χ3v) is 4.69. The number of aromatic nitrogens is 2. The van der Waals surface area contributed by atoms with Crippen LogP contribution < -0.4 is 0 Å². The van der Waals surface area contributed by atoms with Gasteiger partial charge in [-0.1, -0.05) is 37.6 Å². The highest BCUT2D eigenvalue weighted by Gasteiger charge is 2.16. The summed E-state index contributed by atoms with van der Waals surface area (Å²) in [7, 11) is 0. The highest BCUT2D eigenvalue weighted by Crippen LogP contribution is 2.15. The summed E-state index contributed by atoms with van der Waals surface area (Å²) in [5, 5.41) is 7.31. The van der Waals surface area contributed by atoms with Gasteiger partial charge in [-0.05, 0) is 43.9 Å². The largest absolute Gasteiger partial charge is 0.338 e. The summed E-state index contributed by atoms with van der Waals surface area (Å²) < 4.78 is 0. The Balaban J connectivity index is 2.02. The molecule has 0 saturated heterocycles. The molecule has 4 heteroatoms. The third kappa shape index (κ3) is 4.70. The van der Waals surface area contributed by atoms with E-state index < -0.39 is 0 Å². The van der Waals surface area contributed by atoms with Crippen LogP contribution in [0.4, 0.5) is 0 Å². The summed E-state index contributed by atoms with van der Waals surface area (Å²) >= 11 is 0. The Kier molecular flexibility index (Phi) is 6.59. The van der Waals surface area contributed by atoms with Gasteiger partial charge < -0.3 is 4.90 Å². The maximum Gasteiger partial charge on any atom is 0.223 e. The zero-order chi connectivity index (χ0) is 17.5. The van der Waals surface area contributed by atoms with Gasteiger partial charge in [0, 0.05) is 31.6 Å². The molecule has 1 aromatic carbocycles. The smallest absolute Gasteiger partial charge is 0.223 e. The molecule has 4 nitrogen and oxygen atoms in total. The molecule has 1 N–H and O–H groups in total. The maximum absolute atomic E-state index is 12.7. The van der Waals surface area contributed by atoms with Crippen molar-refractivity contribution in [3.8, 4) is 0 Å². The van der Waals surface area contributed by atoms with Crippen molar-refractivity contribution in [3.63, 3.8) is 0 Å². The SMILES string of the molecule is CCCCN(Cc1ccccc1C)C(=O)CCc1n[nH]c(C)c1C. The average molecular weight is 327 g/mol. The number of carbonyl (C=O) groups excluding carboxylic acids is 1. The molecule has 1 heterocycles. The Labute approximate surface area is 145 Å². The predicted octanol–water partition coefficient (Wildman–Crippen LogP) is 4.10. The number of H-pyrrole nitrogens is 1. The summed E-state index contributed by atoms with van der Waals surface area (Å²) in [6.45, 7) is 9.85. The van der Waals surface area contributed by atoms with Gasteiger partial charge in [-0.3, -0.25) is 9.89 Å². The van der Waals surface area contributed by atoms with Gasteiger partial charge in [0.1, 0.15) is 0 Å². The van der Waals surface area contributed by atoms with Crippen LogP contribution in [0.15, 0.2) is 24.3 Å². The van der Waals surface area contributed by atoms with Gasteiger partial charge in [-0.2, -0.15) is 5.10 Å². The number of hydrogen-bond donors (Lipinski definition) is 1. The van der Waals surface area contributed by atoms with Gasteiger partial charge >= 0.3 is 0 Å². The maximum atomic E-state index is 12.7. The minimum absolute atomic E-state index is 0.215. The molecule has 2 rings (SSSR count). The van der Waals surface area contributed by atoms with Crippen LogP contribution in [0.2, 0.25) is 0 Å². The second kappa shape index (κ2) is 8.67. The molecule has 1 amide bonds. The molecular formula is C20H29N3O. The molecule has 0 aliphatic rings. The van der Waals surface area contributed by atoms with Gasteiger partial charge in [0.25, 0.3) is 0 Å². The summed E-state index contributed by atoms with van der Waals surface area (Å²) in [6, 6.07) is 8.30. The molecule has 0 spiro atoms. The van der Waals surface area contributed by atoms with E-state index in [2.05, 4.69) is 43.1 Å². The Bertz CT molecular complexity index is 675. The van der Waals surface area contributed by atoms with Crippen molar-refractivity contribution in [3.05, 3.63) is 52.3 Å². The van der Waals surface area contributed by atoms with Crippen molar-refractivity contribution in [2.45, 2.75) is 59.9 Å². The first-order valence-corrected chi connectivity index (χ1v) is 8.85. The van der Waals surface area contributed by atoms with Gasteiger partial charge in [0.15, 0.2) is 0 Å². The Morgan fingerprint density at radius 2 is 1.96 bits per heavy atom. The summed E-state index contributed by atoms with van der Waals surface area (Å²) in [5.41, 5.74) is 5.73. The Morgan fingerprint density at radius 3 is 2.58 bits per heavy atom. The topological polar surface area (TPSA) is 49.0 Å². The van der Waals surface area contributed by atoms with Gasteiger partial charge in [0.2, 0.25) is 5.91 Å². The summed E-state index contributed by atoms with van der Waals surface area (Å²) in [6.07, 6.45) is 3.35. The highest BCUT2D eigenvalue weighted by molar-refractivity contribution is 5.76. The molecule has 2 aromatic rings. The second-order valence-electron chi connectivity index (χ2n) is 6.52. The zero-order valence-corrected chi connectivity index (χ0v) is 15.4. The van der Waals surface area contributed by atoms with Crippen LogP contribution in [0.3, 0.4) is 0 Å². The van der Waals surface area contributed by atoms with Crippen molar-refractivity contribution in [1.82, 2.24) is 15.1 Å². The molecular weight excluding hydrogens is 298 g/mol. The zero-order valence-electron chi connectivity index (χ0n) is 15.4. The second-order valence-corrected chi connectivity index (χ2v) is 6.52. The Morgan fingerprint density at radius 1 is 1.21 bits per heavy atom. The number of unbranched alkanes of at least 4 members (excludes halogenated alkanes) is 1. The molecule has 0 radical (unpaired) electrons. The molecule has 24 heavy (non-hydrogen) atoms. The van der Waals surface area contributed by atoms with Crippen molar-refractivity contribution in [2.24, 2.45) is 0 Å². The van der Waals surface area contributed by atoms with Gasteiger partial charge in [-0.15, -0.1) is 0 Å². The number of nitrogens with one attached hydrogen (secondary N) is 1. The van der Waals surface area contributed by atoms with Crippen molar-refractivity contribution in [2.75, 3.05) is 6.54 Å². The highest BCUT2D eigenvalue weighted by atomic mass is 16.2. The van der Waals surface area contributed by atoms with Crippen LogP contribution in [0.25, 0.3) is 0 Å². The van der Waals surface area contributed by atoms with E-state index in [0.717, 1.165) is 30.8 Å². The van der Waals surface area contributed by atoms with E-state index in [9.17, 15) is 4.79 Å². The lowest BCUT2D eigenvalue weighted by atomic mass is 10.1. The lowest BCUT2D eigenvalue weighted by molar-refractivity contribution is -0.131. The van der Waals surface area contributed by atoms with Crippen LogP contribution in [0, 0.1) is 20.8 Å². The number of hydrogen-bond acceptors (Lipinski definition) is 2. The standard InChI is InChI=1S/C20H29N3O/c1-5-6-13-23(14-18-10-8-7-9-15(18)2)20(24)12-11-19-16(3)17(4)21-22-19/h7-10H,5-6,11-14H2,1-4H3,(H,21,22). The van der Waals surface area contributed by atoms with Crippen LogP contribution in [-0.4, -0.2) is 27.5 Å². The molecule has 0 saturated carbocycles. The third-order valence-electron chi connectivity index (χ3n) is 4.69. The molecule has 0 aliphatic carbocycles. The molecule has 0 atom stereocenters. The van der Waals surface area contributed by atoms with Crippen LogP contribution in [0.1, 0.15) is 54.3 Å². The number of amides is 1. The molecule has 0 unspecified atom stereocenters. The van der Waals surface area contributed by atoms with E-state index in [0.29, 0.717) is 19.4 Å². The lowest BCUT2D eigenvalue weighted by Gasteiger charge is -2.23.